The van der Waals surface area contributed by atoms with Gasteiger partial charge in [0.1, 0.15) is 6.10 Å². The van der Waals surface area contributed by atoms with E-state index in [4.69, 9.17) is 4.74 Å². The number of fused-ring (bicyclic) bond motifs is 1. The highest BCUT2D eigenvalue weighted by molar-refractivity contribution is 5.78. The molecule has 3 heteroatoms. The lowest BCUT2D eigenvalue weighted by Crippen LogP contribution is -2.42. The molecule has 1 aliphatic rings. The molecule has 0 bridgehead atoms. The molecule has 1 aromatic heterocycles. The topological polar surface area (TPSA) is 34.1 Å². The van der Waals surface area contributed by atoms with Gasteiger partial charge in [0.15, 0.2) is 0 Å². The molecule has 2 heterocycles. The van der Waals surface area contributed by atoms with E-state index in [2.05, 4.69) is 29.4 Å². The average Bonchev–Trinajstić information content (AvgIpc) is 2.41. The summed E-state index contributed by atoms with van der Waals surface area (Å²) in [6.45, 7) is 4.24. The first-order valence-electron chi connectivity index (χ1n) is 6.56. The van der Waals surface area contributed by atoms with Gasteiger partial charge in [-0.3, -0.25) is 0 Å². The number of nitrogens with one attached hydrogen (secondary N) is 1. The second-order valence-electron chi connectivity index (χ2n) is 4.97. The first kappa shape index (κ1) is 11.5. The fraction of sp³-hybridized carbons (Fsp3) is 0.400. The van der Waals surface area contributed by atoms with E-state index in [1.165, 1.54) is 0 Å². The van der Waals surface area contributed by atoms with Gasteiger partial charge in [0.05, 0.1) is 5.52 Å². The monoisotopic (exact) mass is 242 g/mol. The van der Waals surface area contributed by atoms with E-state index in [0.717, 1.165) is 36.3 Å². The molecule has 0 aliphatic carbocycles. The van der Waals surface area contributed by atoms with Gasteiger partial charge in [-0.15, -0.1) is 0 Å². The predicted molar refractivity (Wildman–Crippen MR) is 72.8 cm³/mol. The minimum Gasteiger partial charge on any atom is -0.473 e. The zero-order chi connectivity index (χ0) is 12.4. The minimum atomic E-state index is 0.229. The zero-order valence-electron chi connectivity index (χ0n) is 10.6. The van der Waals surface area contributed by atoms with Crippen molar-refractivity contribution in [3.05, 3.63) is 36.4 Å². The summed E-state index contributed by atoms with van der Waals surface area (Å²) in [5.74, 6) is 1.31. The molecular formula is C15H18N2O. The van der Waals surface area contributed by atoms with E-state index >= 15 is 0 Å². The Bertz CT molecular complexity index is 541. The Labute approximate surface area is 107 Å². The second kappa shape index (κ2) is 4.94. The highest BCUT2D eigenvalue weighted by Gasteiger charge is 2.22. The highest BCUT2D eigenvalue weighted by Crippen LogP contribution is 2.21. The number of ether oxygens (including phenoxy) is 1. The van der Waals surface area contributed by atoms with E-state index in [9.17, 15) is 0 Å². The summed E-state index contributed by atoms with van der Waals surface area (Å²) in [5, 5.41) is 4.52. The van der Waals surface area contributed by atoms with E-state index in [1.807, 2.05) is 24.3 Å². The number of piperidine rings is 1. The van der Waals surface area contributed by atoms with Gasteiger partial charge < -0.3 is 10.1 Å². The summed E-state index contributed by atoms with van der Waals surface area (Å²) >= 11 is 0. The van der Waals surface area contributed by atoms with Crippen LogP contribution in [0.15, 0.2) is 36.4 Å². The molecule has 0 amide bonds. The summed E-state index contributed by atoms with van der Waals surface area (Å²) < 4.78 is 6.00. The molecule has 0 saturated carbocycles. The first-order valence-corrected chi connectivity index (χ1v) is 6.56. The molecule has 0 spiro atoms. The van der Waals surface area contributed by atoms with E-state index in [0.29, 0.717) is 5.92 Å². The predicted octanol–water partition coefficient (Wildman–Crippen LogP) is 2.61. The molecule has 94 valence electrons. The van der Waals surface area contributed by atoms with Crippen molar-refractivity contribution in [2.75, 3.05) is 13.1 Å². The third-order valence-electron chi connectivity index (χ3n) is 3.60. The van der Waals surface area contributed by atoms with Crippen LogP contribution < -0.4 is 10.1 Å². The van der Waals surface area contributed by atoms with Crippen molar-refractivity contribution < 1.29 is 4.74 Å². The number of hydrogen-bond donors (Lipinski definition) is 1. The Hall–Kier alpha value is -1.61. The van der Waals surface area contributed by atoms with Gasteiger partial charge in [-0.2, -0.15) is 0 Å². The lowest BCUT2D eigenvalue weighted by molar-refractivity contribution is 0.110. The lowest BCUT2D eigenvalue weighted by Gasteiger charge is -2.29. The molecule has 1 saturated heterocycles. The molecule has 0 radical (unpaired) electrons. The lowest BCUT2D eigenvalue weighted by atomic mass is 9.97. The molecule has 3 nitrogen and oxygen atoms in total. The fourth-order valence-electron chi connectivity index (χ4n) is 2.39. The van der Waals surface area contributed by atoms with Gasteiger partial charge in [-0.1, -0.05) is 25.1 Å². The third-order valence-corrected chi connectivity index (χ3v) is 3.60. The van der Waals surface area contributed by atoms with Crippen molar-refractivity contribution in [3.8, 4) is 5.88 Å². The molecule has 1 aliphatic heterocycles. The second-order valence-corrected chi connectivity index (χ2v) is 4.97. The molecule has 1 N–H and O–H groups in total. The summed E-state index contributed by atoms with van der Waals surface area (Å²) in [4.78, 5) is 4.55. The quantitative estimate of drug-likeness (QED) is 0.879. The molecular weight excluding hydrogens is 224 g/mol. The normalized spacial score (nSPS) is 24.1. The number of rotatable bonds is 2. The van der Waals surface area contributed by atoms with Crippen molar-refractivity contribution in [1.29, 1.82) is 0 Å². The van der Waals surface area contributed by atoms with Crippen LogP contribution in [0.1, 0.15) is 13.3 Å². The number of nitrogens with zero attached hydrogens (tertiary/aromatic N) is 1. The van der Waals surface area contributed by atoms with Crippen LogP contribution in [0, 0.1) is 5.92 Å². The summed E-state index contributed by atoms with van der Waals surface area (Å²) in [5.41, 5.74) is 0.992. The standard InChI is InChI=1S/C15H18N2O/c1-11-8-9-16-10-14(11)18-15-7-6-12-4-2-3-5-13(12)17-15/h2-7,11,14,16H,8-10H2,1H3. The van der Waals surface area contributed by atoms with Crippen LogP contribution in [-0.2, 0) is 0 Å². The smallest absolute Gasteiger partial charge is 0.214 e. The summed E-state index contributed by atoms with van der Waals surface area (Å²) in [6.07, 6.45) is 1.39. The Kier molecular flexibility index (Phi) is 3.15. The molecule has 2 aromatic rings. The van der Waals surface area contributed by atoms with Crippen LogP contribution in [-0.4, -0.2) is 24.2 Å². The van der Waals surface area contributed by atoms with Crippen molar-refractivity contribution in [2.45, 2.75) is 19.4 Å². The van der Waals surface area contributed by atoms with E-state index < -0.39 is 0 Å². The molecule has 18 heavy (non-hydrogen) atoms. The number of pyridine rings is 1. The maximum absolute atomic E-state index is 6.00. The van der Waals surface area contributed by atoms with Crippen molar-refractivity contribution in [2.24, 2.45) is 5.92 Å². The van der Waals surface area contributed by atoms with E-state index in [1.54, 1.807) is 0 Å². The largest absolute Gasteiger partial charge is 0.473 e. The Morgan fingerprint density at radius 2 is 2.11 bits per heavy atom. The fourth-order valence-corrected chi connectivity index (χ4v) is 2.39. The van der Waals surface area contributed by atoms with Crippen LogP contribution in [0.3, 0.4) is 0 Å². The van der Waals surface area contributed by atoms with Crippen LogP contribution >= 0.6 is 0 Å². The number of para-hydroxylation sites is 1. The van der Waals surface area contributed by atoms with Crippen LogP contribution in [0.2, 0.25) is 0 Å². The van der Waals surface area contributed by atoms with Crippen molar-refractivity contribution in [1.82, 2.24) is 10.3 Å². The molecule has 1 fully saturated rings. The highest BCUT2D eigenvalue weighted by atomic mass is 16.5. The van der Waals surface area contributed by atoms with Gasteiger partial charge >= 0.3 is 0 Å². The maximum atomic E-state index is 6.00. The van der Waals surface area contributed by atoms with Crippen molar-refractivity contribution >= 4 is 10.9 Å². The summed E-state index contributed by atoms with van der Waals surface area (Å²) in [6, 6.07) is 12.1. The number of aromatic nitrogens is 1. The third kappa shape index (κ3) is 2.31. The SMILES string of the molecule is CC1CCNCC1Oc1ccc2ccccc2n1. The minimum absolute atomic E-state index is 0.229. The Morgan fingerprint density at radius 1 is 1.22 bits per heavy atom. The van der Waals surface area contributed by atoms with Crippen LogP contribution in [0.25, 0.3) is 10.9 Å². The summed E-state index contributed by atoms with van der Waals surface area (Å²) in [7, 11) is 0. The Morgan fingerprint density at radius 3 is 3.00 bits per heavy atom. The number of hydrogen-bond acceptors (Lipinski definition) is 3. The van der Waals surface area contributed by atoms with Gasteiger partial charge in [-0.25, -0.2) is 4.98 Å². The Balaban J connectivity index is 1.81. The van der Waals surface area contributed by atoms with Gasteiger partial charge in [0, 0.05) is 18.0 Å². The molecule has 2 atom stereocenters. The number of benzene rings is 1. The van der Waals surface area contributed by atoms with Gasteiger partial charge in [0.2, 0.25) is 5.88 Å². The van der Waals surface area contributed by atoms with Crippen LogP contribution in [0.4, 0.5) is 0 Å². The average molecular weight is 242 g/mol. The zero-order valence-corrected chi connectivity index (χ0v) is 10.6. The first-order chi connectivity index (χ1) is 8.83. The maximum Gasteiger partial charge on any atom is 0.214 e. The van der Waals surface area contributed by atoms with Gasteiger partial charge in [-0.05, 0) is 31.0 Å². The molecule has 1 aromatic carbocycles. The molecule has 2 unspecified atom stereocenters. The van der Waals surface area contributed by atoms with Crippen LogP contribution in [0.5, 0.6) is 5.88 Å². The van der Waals surface area contributed by atoms with E-state index in [-0.39, 0.29) is 6.10 Å². The molecule has 3 rings (SSSR count). The van der Waals surface area contributed by atoms with Crippen molar-refractivity contribution in [3.63, 3.8) is 0 Å². The van der Waals surface area contributed by atoms with Gasteiger partial charge in [0.25, 0.3) is 0 Å².